The molecule has 1 aromatic rings. The second-order valence-corrected chi connectivity index (χ2v) is 5.42. The van der Waals surface area contributed by atoms with E-state index in [9.17, 15) is 9.59 Å². The molecule has 1 amide bonds. The monoisotopic (exact) mass is 299 g/mol. The minimum Gasteiger partial charge on any atom is -0.492 e. The Bertz CT molecular complexity index is 514. The van der Waals surface area contributed by atoms with Crippen LogP contribution in [0.5, 0.6) is 5.75 Å². The van der Waals surface area contributed by atoms with Gasteiger partial charge in [-0.3, -0.25) is 9.59 Å². The Labute approximate surface area is 122 Å². The molecule has 6 heteroatoms. The smallest absolute Gasteiger partial charge is 0.309 e. The molecule has 0 spiro atoms. The minimum atomic E-state index is -1.12. The number of nitrogens with one attached hydrogen (secondary N) is 1. The van der Waals surface area contributed by atoms with Crippen molar-refractivity contribution in [3.8, 4) is 5.75 Å². The Balaban J connectivity index is 2.83. The van der Waals surface area contributed by atoms with Gasteiger partial charge < -0.3 is 15.2 Å². The normalized spacial score (nSPS) is 11.0. The van der Waals surface area contributed by atoms with E-state index >= 15 is 0 Å². The molecule has 0 aliphatic heterocycles. The molecular weight excluding hydrogens is 282 g/mol. The molecule has 20 heavy (non-hydrogen) atoms. The van der Waals surface area contributed by atoms with Crippen molar-refractivity contribution < 1.29 is 19.4 Å². The Kier molecular flexibility index (Phi) is 5.39. The van der Waals surface area contributed by atoms with Crippen molar-refractivity contribution >= 4 is 29.2 Å². The lowest BCUT2D eigenvalue weighted by atomic mass is 9.89. The van der Waals surface area contributed by atoms with Gasteiger partial charge in [0.25, 0.3) is 0 Å². The zero-order chi connectivity index (χ0) is 15.3. The Morgan fingerprint density at radius 3 is 2.60 bits per heavy atom. The molecule has 0 saturated carbocycles. The first-order chi connectivity index (χ1) is 9.26. The first-order valence-corrected chi connectivity index (χ1v) is 6.59. The first kappa shape index (κ1) is 16.3. The summed E-state index contributed by atoms with van der Waals surface area (Å²) in [5.74, 6) is -0.948. The maximum atomic E-state index is 11.9. The molecule has 0 fully saturated rings. The fourth-order valence-corrected chi connectivity index (χ4v) is 1.71. The van der Waals surface area contributed by atoms with E-state index in [1.54, 1.807) is 18.2 Å². The molecule has 0 atom stereocenters. The molecule has 0 saturated heterocycles. The van der Waals surface area contributed by atoms with Crippen molar-refractivity contribution in [3.63, 3.8) is 0 Å². The van der Waals surface area contributed by atoms with Gasteiger partial charge in [0.05, 0.1) is 17.7 Å². The first-order valence-electron chi connectivity index (χ1n) is 6.22. The van der Waals surface area contributed by atoms with Crippen molar-refractivity contribution in [1.82, 2.24) is 0 Å². The van der Waals surface area contributed by atoms with Crippen molar-refractivity contribution in [2.45, 2.75) is 27.2 Å². The van der Waals surface area contributed by atoms with E-state index in [-0.39, 0.29) is 12.3 Å². The Morgan fingerprint density at radius 2 is 2.05 bits per heavy atom. The summed E-state index contributed by atoms with van der Waals surface area (Å²) in [6, 6.07) is 4.85. The van der Waals surface area contributed by atoms with Crippen molar-refractivity contribution in [1.29, 1.82) is 0 Å². The van der Waals surface area contributed by atoms with Gasteiger partial charge in [-0.15, -0.1) is 0 Å². The second-order valence-electron chi connectivity index (χ2n) is 4.99. The molecule has 0 aromatic heterocycles. The average Bonchev–Trinajstić information content (AvgIpc) is 2.32. The second kappa shape index (κ2) is 6.61. The van der Waals surface area contributed by atoms with Crippen LogP contribution in [0.1, 0.15) is 27.2 Å². The predicted molar refractivity (Wildman–Crippen MR) is 77.3 cm³/mol. The van der Waals surface area contributed by atoms with E-state index in [1.165, 1.54) is 13.8 Å². The van der Waals surface area contributed by atoms with Crippen LogP contribution in [0, 0.1) is 5.41 Å². The molecule has 0 heterocycles. The van der Waals surface area contributed by atoms with Crippen molar-refractivity contribution in [3.05, 3.63) is 23.2 Å². The van der Waals surface area contributed by atoms with E-state index < -0.39 is 11.4 Å². The largest absolute Gasteiger partial charge is 0.492 e. The molecule has 0 aliphatic carbocycles. The van der Waals surface area contributed by atoms with Gasteiger partial charge in [-0.25, -0.2) is 0 Å². The number of hydrogen-bond donors (Lipinski definition) is 2. The zero-order valence-corrected chi connectivity index (χ0v) is 12.5. The van der Waals surface area contributed by atoms with Crippen LogP contribution in [0.25, 0.3) is 0 Å². The SMILES string of the molecule is CCOc1cc(Cl)ccc1NC(=O)CC(C)(C)C(=O)O. The molecule has 1 aromatic carbocycles. The summed E-state index contributed by atoms with van der Waals surface area (Å²) in [4.78, 5) is 22.9. The number of hydrogen-bond acceptors (Lipinski definition) is 3. The number of carboxylic acid groups (broad SMARTS) is 1. The van der Waals surface area contributed by atoms with Gasteiger partial charge in [0.15, 0.2) is 0 Å². The van der Waals surface area contributed by atoms with Crippen LogP contribution >= 0.6 is 11.6 Å². The van der Waals surface area contributed by atoms with E-state index in [0.717, 1.165) is 0 Å². The third kappa shape index (κ3) is 4.42. The van der Waals surface area contributed by atoms with Gasteiger partial charge >= 0.3 is 5.97 Å². The van der Waals surface area contributed by atoms with Crippen LogP contribution in [0.15, 0.2) is 18.2 Å². The summed E-state index contributed by atoms with van der Waals surface area (Å²) in [5, 5.41) is 12.2. The van der Waals surface area contributed by atoms with Crippen LogP contribution in [-0.2, 0) is 9.59 Å². The summed E-state index contributed by atoms with van der Waals surface area (Å²) >= 11 is 5.87. The fraction of sp³-hybridized carbons (Fsp3) is 0.429. The highest BCUT2D eigenvalue weighted by Crippen LogP contribution is 2.29. The quantitative estimate of drug-likeness (QED) is 0.846. The van der Waals surface area contributed by atoms with Gasteiger partial charge in [0.1, 0.15) is 5.75 Å². The van der Waals surface area contributed by atoms with E-state index in [2.05, 4.69) is 5.32 Å². The van der Waals surface area contributed by atoms with Crippen LogP contribution in [0.3, 0.4) is 0 Å². The Morgan fingerprint density at radius 1 is 1.40 bits per heavy atom. The van der Waals surface area contributed by atoms with E-state index in [0.29, 0.717) is 23.1 Å². The summed E-state index contributed by atoms with van der Waals surface area (Å²) in [6.07, 6.45) is -0.128. The van der Waals surface area contributed by atoms with E-state index in [1.807, 2.05) is 6.92 Å². The van der Waals surface area contributed by atoms with Gasteiger partial charge in [0, 0.05) is 17.5 Å². The lowest BCUT2D eigenvalue weighted by Crippen LogP contribution is -2.29. The maximum Gasteiger partial charge on any atom is 0.309 e. The number of rotatable bonds is 6. The number of carbonyl (C=O) groups is 2. The topological polar surface area (TPSA) is 75.6 Å². The highest BCUT2D eigenvalue weighted by Gasteiger charge is 2.30. The summed E-state index contributed by atoms with van der Waals surface area (Å²) < 4.78 is 5.38. The number of anilines is 1. The number of amides is 1. The number of ether oxygens (including phenoxy) is 1. The number of aliphatic carboxylic acids is 1. The molecule has 1 rings (SSSR count). The minimum absolute atomic E-state index is 0.128. The number of halogens is 1. The fourth-order valence-electron chi connectivity index (χ4n) is 1.55. The van der Waals surface area contributed by atoms with Crippen LogP contribution in [0.2, 0.25) is 5.02 Å². The van der Waals surface area contributed by atoms with Crippen LogP contribution in [-0.4, -0.2) is 23.6 Å². The zero-order valence-electron chi connectivity index (χ0n) is 11.7. The van der Waals surface area contributed by atoms with Gasteiger partial charge in [-0.2, -0.15) is 0 Å². The molecule has 0 aliphatic rings. The predicted octanol–water partition coefficient (Wildman–Crippen LogP) is 3.18. The molecule has 2 N–H and O–H groups in total. The number of carboxylic acids is 1. The third-order valence-electron chi connectivity index (χ3n) is 2.70. The molecule has 0 unspecified atom stereocenters. The highest BCUT2D eigenvalue weighted by molar-refractivity contribution is 6.30. The molecule has 0 bridgehead atoms. The van der Waals surface area contributed by atoms with Gasteiger partial charge in [0.2, 0.25) is 5.91 Å². The van der Waals surface area contributed by atoms with Crippen molar-refractivity contribution in [2.75, 3.05) is 11.9 Å². The molecular formula is C14H18ClNO4. The lowest BCUT2D eigenvalue weighted by Gasteiger charge is -2.19. The third-order valence-corrected chi connectivity index (χ3v) is 2.93. The molecule has 0 radical (unpaired) electrons. The average molecular weight is 300 g/mol. The van der Waals surface area contributed by atoms with E-state index in [4.69, 9.17) is 21.4 Å². The highest BCUT2D eigenvalue weighted by atomic mass is 35.5. The summed E-state index contributed by atoms with van der Waals surface area (Å²) in [7, 11) is 0. The van der Waals surface area contributed by atoms with Gasteiger partial charge in [-0.05, 0) is 32.9 Å². The summed E-state index contributed by atoms with van der Waals surface area (Å²) in [6.45, 7) is 5.25. The number of carbonyl (C=O) groups excluding carboxylic acids is 1. The summed E-state index contributed by atoms with van der Waals surface area (Å²) in [5.41, 5.74) is -0.648. The molecule has 110 valence electrons. The standard InChI is InChI=1S/C14H18ClNO4/c1-4-20-11-7-9(15)5-6-10(11)16-12(17)8-14(2,3)13(18)19/h5-7H,4,8H2,1-3H3,(H,16,17)(H,18,19). The van der Waals surface area contributed by atoms with Gasteiger partial charge in [-0.1, -0.05) is 11.6 Å². The maximum absolute atomic E-state index is 11.9. The Hall–Kier alpha value is -1.75. The van der Waals surface area contributed by atoms with Crippen molar-refractivity contribution in [2.24, 2.45) is 5.41 Å². The van der Waals surface area contributed by atoms with Crippen LogP contribution in [0.4, 0.5) is 5.69 Å². The number of benzene rings is 1. The lowest BCUT2D eigenvalue weighted by molar-refractivity contribution is -0.148. The molecule has 5 nitrogen and oxygen atoms in total. The van der Waals surface area contributed by atoms with Crippen LogP contribution < -0.4 is 10.1 Å².